The molecule has 0 aliphatic rings. The SMILES string of the molecule is COC(=O)[C@H](O)[C@H](N)C(=O)O. The Morgan fingerprint density at radius 1 is 1.55 bits per heavy atom. The number of carboxylic acid groups (broad SMARTS) is 1. The van der Waals surface area contributed by atoms with Crippen LogP contribution in [-0.2, 0) is 14.3 Å². The Morgan fingerprint density at radius 3 is 2.27 bits per heavy atom. The van der Waals surface area contributed by atoms with Gasteiger partial charge in [-0.3, -0.25) is 4.79 Å². The molecular formula is C5H9NO5. The standard InChI is InChI=1S/C5H9NO5/c1-11-5(10)3(7)2(6)4(8)9/h2-3,7H,6H2,1H3,(H,8,9)/t2-,3+/m0/s1. The second kappa shape index (κ2) is 3.89. The van der Waals surface area contributed by atoms with Crippen molar-refractivity contribution in [3.05, 3.63) is 0 Å². The lowest BCUT2D eigenvalue weighted by Crippen LogP contribution is -2.46. The van der Waals surface area contributed by atoms with Crippen molar-refractivity contribution in [3.63, 3.8) is 0 Å². The third-order valence-electron chi connectivity index (χ3n) is 1.07. The molecule has 0 saturated carbocycles. The van der Waals surface area contributed by atoms with Crippen LogP contribution in [0.15, 0.2) is 0 Å². The Labute approximate surface area is 62.6 Å². The molecular weight excluding hydrogens is 154 g/mol. The van der Waals surface area contributed by atoms with Crippen LogP contribution in [0.2, 0.25) is 0 Å². The maximum absolute atomic E-state index is 10.4. The van der Waals surface area contributed by atoms with Gasteiger partial charge in [-0.15, -0.1) is 0 Å². The van der Waals surface area contributed by atoms with Crippen LogP contribution in [0.3, 0.4) is 0 Å². The minimum atomic E-state index is -1.81. The highest BCUT2D eigenvalue weighted by Gasteiger charge is 2.28. The summed E-state index contributed by atoms with van der Waals surface area (Å²) in [6.45, 7) is 0. The highest BCUT2D eigenvalue weighted by atomic mass is 16.5. The molecule has 6 heteroatoms. The van der Waals surface area contributed by atoms with Gasteiger partial charge in [0.1, 0.15) is 6.04 Å². The molecule has 0 aromatic rings. The molecule has 0 saturated heterocycles. The first-order chi connectivity index (χ1) is 5.00. The number of nitrogens with two attached hydrogens (primary N) is 1. The minimum Gasteiger partial charge on any atom is -0.480 e. The summed E-state index contributed by atoms with van der Waals surface area (Å²) in [5.74, 6) is -2.51. The second-order valence-corrected chi connectivity index (χ2v) is 1.83. The fourth-order valence-corrected chi connectivity index (χ4v) is 0.402. The summed E-state index contributed by atoms with van der Waals surface area (Å²) in [6.07, 6.45) is -1.81. The van der Waals surface area contributed by atoms with Crippen molar-refractivity contribution in [1.29, 1.82) is 0 Å². The van der Waals surface area contributed by atoms with Gasteiger partial charge in [-0.1, -0.05) is 0 Å². The maximum Gasteiger partial charge on any atom is 0.336 e. The Bertz CT molecular complexity index is 168. The van der Waals surface area contributed by atoms with E-state index in [0.717, 1.165) is 7.11 Å². The quantitative estimate of drug-likeness (QED) is 0.412. The molecule has 0 fully saturated rings. The fraction of sp³-hybridized carbons (Fsp3) is 0.600. The predicted molar refractivity (Wildman–Crippen MR) is 33.6 cm³/mol. The first-order valence-corrected chi connectivity index (χ1v) is 2.75. The van der Waals surface area contributed by atoms with Crippen LogP contribution in [0.25, 0.3) is 0 Å². The largest absolute Gasteiger partial charge is 0.480 e. The van der Waals surface area contributed by atoms with Crippen LogP contribution < -0.4 is 5.73 Å². The fourth-order valence-electron chi connectivity index (χ4n) is 0.402. The third kappa shape index (κ3) is 2.52. The van der Waals surface area contributed by atoms with E-state index >= 15 is 0 Å². The van der Waals surface area contributed by atoms with E-state index in [1.165, 1.54) is 0 Å². The number of carboxylic acids is 1. The molecule has 0 heterocycles. The molecule has 4 N–H and O–H groups in total. The van der Waals surface area contributed by atoms with Crippen molar-refractivity contribution in [1.82, 2.24) is 0 Å². The average Bonchev–Trinajstić information content (AvgIpc) is 2.00. The molecule has 0 unspecified atom stereocenters. The zero-order chi connectivity index (χ0) is 9.02. The number of ether oxygens (including phenoxy) is 1. The van der Waals surface area contributed by atoms with Crippen LogP contribution in [0.4, 0.5) is 0 Å². The van der Waals surface area contributed by atoms with Crippen molar-refractivity contribution in [2.45, 2.75) is 12.1 Å². The number of aliphatic hydroxyl groups is 1. The maximum atomic E-state index is 10.4. The summed E-state index contributed by atoms with van der Waals surface area (Å²) >= 11 is 0. The van der Waals surface area contributed by atoms with Gasteiger partial charge >= 0.3 is 11.9 Å². The lowest BCUT2D eigenvalue weighted by molar-refractivity contribution is -0.157. The second-order valence-electron chi connectivity index (χ2n) is 1.83. The van der Waals surface area contributed by atoms with Gasteiger partial charge in [-0.05, 0) is 0 Å². The molecule has 64 valence electrons. The molecule has 2 atom stereocenters. The number of methoxy groups -OCH3 is 1. The highest BCUT2D eigenvalue weighted by molar-refractivity contribution is 5.84. The summed E-state index contributed by atoms with van der Waals surface area (Å²) < 4.78 is 4.05. The van der Waals surface area contributed by atoms with Crippen LogP contribution >= 0.6 is 0 Å². The lowest BCUT2D eigenvalue weighted by Gasteiger charge is -2.11. The number of esters is 1. The number of aliphatic hydroxyl groups excluding tert-OH is 1. The van der Waals surface area contributed by atoms with Gasteiger partial charge in [0.05, 0.1) is 7.11 Å². The van der Waals surface area contributed by atoms with E-state index < -0.39 is 24.1 Å². The van der Waals surface area contributed by atoms with Gasteiger partial charge in [0.15, 0.2) is 6.10 Å². The predicted octanol–water partition coefficient (Wildman–Crippen LogP) is -2.07. The number of hydrogen-bond acceptors (Lipinski definition) is 5. The van der Waals surface area contributed by atoms with Gasteiger partial charge in [0.25, 0.3) is 0 Å². The molecule has 11 heavy (non-hydrogen) atoms. The monoisotopic (exact) mass is 163 g/mol. The molecule has 0 aromatic carbocycles. The van der Waals surface area contributed by atoms with E-state index in [2.05, 4.69) is 4.74 Å². The van der Waals surface area contributed by atoms with Gasteiger partial charge in [0, 0.05) is 0 Å². The smallest absolute Gasteiger partial charge is 0.336 e. The molecule has 0 radical (unpaired) electrons. The van der Waals surface area contributed by atoms with E-state index in [9.17, 15) is 9.59 Å². The third-order valence-corrected chi connectivity index (χ3v) is 1.07. The first kappa shape index (κ1) is 9.86. The molecule has 0 rings (SSSR count). The van der Waals surface area contributed by atoms with Crippen molar-refractivity contribution >= 4 is 11.9 Å². The van der Waals surface area contributed by atoms with Crippen molar-refractivity contribution in [2.75, 3.05) is 7.11 Å². The Hall–Kier alpha value is -1.14. The Kier molecular flexibility index (Phi) is 3.49. The molecule has 0 aromatic heterocycles. The topological polar surface area (TPSA) is 110 Å². The molecule has 0 amide bonds. The number of carbonyl (C=O) groups excluding carboxylic acids is 1. The van der Waals surface area contributed by atoms with Gasteiger partial charge in [-0.2, -0.15) is 0 Å². The van der Waals surface area contributed by atoms with Gasteiger partial charge in [0.2, 0.25) is 0 Å². The van der Waals surface area contributed by atoms with Crippen molar-refractivity contribution in [2.24, 2.45) is 5.73 Å². The summed E-state index contributed by atoms with van der Waals surface area (Å²) in [5.41, 5.74) is 4.89. The molecule has 6 nitrogen and oxygen atoms in total. The Morgan fingerprint density at radius 2 is 2.00 bits per heavy atom. The van der Waals surface area contributed by atoms with E-state index in [1.54, 1.807) is 0 Å². The average molecular weight is 163 g/mol. The molecule has 0 bridgehead atoms. The van der Waals surface area contributed by atoms with Crippen molar-refractivity contribution in [3.8, 4) is 0 Å². The molecule has 0 aliphatic carbocycles. The van der Waals surface area contributed by atoms with Gasteiger partial charge in [-0.25, -0.2) is 4.79 Å². The Balaban J connectivity index is 4.12. The normalized spacial score (nSPS) is 15.2. The lowest BCUT2D eigenvalue weighted by atomic mass is 10.2. The minimum absolute atomic E-state index is 1.03. The van der Waals surface area contributed by atoms with Gasteiger partial charge < -0.3 is 20.7 Å². The van der Waals surface area contributed by atoms with E-state index in [-0.39, 0.29) is 0 Å². The number of aliphatic carboxylic acids is 1. The molecule has 0 spiro atoms. The number of hydrogen-bond donors (Lipinski definition) is 3. The summed E-state index contributed by atoms with van der Waals surface area (Å²) in [4.78, 5) is 20.5. The van der Waals surface area contributed by atoms with Crippen molar-refractivity contribution < 1.29 is 24.5 Å². The first-order valence-electron chi connectivity index (χ1n) is 2.75. The number of rotatable bonds is 3. The zero-order valence-electron chi connectivity index (χ0n) is 5.85. The van der Waals surface area contributed by atoms with Crippen LogP contribution in [0, 0.1) is 0 Å². The van der Waals surface area contributed by atoms with E-state index in [1.807, 2.05) is 0 Å². The zero-order valence-corrected chi connectivity index (χ0v) is 5.85. The summed E-state index contributed by atoms with van der Waals surface area (Å²) in [5, 5.41) is 17.0. The summed E-state index contributed by atoms with van der Waals surface area (Å²) in [7, 11) is 1.03. The highest BCUT2D eigenvalue weighted by Crippen LogP contribution is 1.92. The van der Waals surface area contributed by atoms with E-state index in [0.29, 0.717) is 0 Å². The van der Waals surface area contributed by atoms with Crippen LogP contribution in [0.5, 0.6) is 0 Å². The van der Waals surface area contributed by atoms with Crippen LogP contribution in [-0.4, -0.2) is 41.4 Å². The number of carbonyl (C=O) groups is 2. The molecule has 0 aliphatic heterocycles. The van der Waals surface area contributed by atoms with E-state index in [4.69, 9.17) is 15.9 Å². The van der Waals surface area contributed by atoms with Crippen LogP contribution in [0.1, 0.15) is 0 Å². The summed E-state index contributed by atoms with van der Waals surface area (Å²) in [6, 6.07) is -1.64.